The van der Waals surface area contributed by atoms with Crippen LogP contribution in [0.4, 0.5) is 0 Å². The molecule has 6 nitrogen and oxygen atoms in total. The standard InChI is InChI=1S/C22H22N2O4/c1-15-9-10-18(19(13-15)22(26)28-17-7-5-4-6-8-17)21-23-20(16(2)25)14-24(21)11-12-27-3/h4-10,13-14H,11-12H2,1-3H3. The molecule has 0 N–H and O–H groups in total. The van der Waals surface area contributed by atoms with Crippen molar-refractivity contribution in [1.82, 2.24) is 9.55 Å². The number of rotatable bonds is 7. The van der Waals surface area contributed by atoms with Crippen LogP contribution in [-0.4, -0.2) is 35.0 Å². The zero-order valence-electron chi connectivity index (χ0n) is 16.1. The van der Waals surface area contributed by atoms with Gasteiger partial charge in [-0.1, -0.05) is 35.9 Å². The first-order chi connectivity index (χ1) is 13.5. The fourth-order valence-electron chi connectivity index (χ4n) is 2.83. The summed E-state index contributed by atoms with van der Waals surface area (Å²) in [5.41, 5.74) is 2.26. The van der Waals surface area contributed by atoms with Crippen LogP contribution in [0.15, 0.2) is 54.7 Å². The van der Waals surface area contributed by atoms with Crippen molar-refractivity contribution in [3.8, 4) is 17.1 Å². The molecule has 3 aromatic rings. The van der Waals surface area contributed by atoms with Crippen LogP contribution in [0.25, 0.3) is 11.4 Å². The lowest BCUT2D eigenvalue weighted by Gasteiger charge is -2.12. The average molecular weight is 378 g/mol. The molecule has 0 saturated heterocycles. The average Bonchev–Trinajstić information content (AvgIpc) is 3.11. The van der Waals surface area contributed by atoms with Crippen LogP contribution >= 0.6 is 0 Å². The highest BCUT2D eigenvalue weighted by Crippen LogP contribution is 2.26. The van der Waals surface area contributed by atoms with Crippen molar-refractivity contribution in [3.05, 3.63) is 71.5 Å². The maximum atomic E-state index is 12.9. The molecule has 1 heterocycles. The number of esters is 1. The van der Waals surface area contributed by atoms with Gasteiger partial charge in [-0.05, 0) is 25.1 Å². The Kier molecular flexibility index (Phi) is 6.01. The Morgan fingerprint density at radius 2 is 1.86 bits per heavy atom. The maximum Gasteiger partial charge on any atom is 0.344 e. The van der Waals surface area contributed by atoms with Crippen molar-refractivity contribution < 1.29 is 19.1 Å². The van der Waals surface area contributed by atoms with Gasteiger partial charge in [0.1, 0.15) is 17.3 Å². The van der Waals surface area contributed by atoms with Gasteiger partial charge in [0.25, 0.3) is 0 Å². The number of methoxy groups -OCH3 is 1. The number of carbonyl (C=O) groups is 2. The van der Waals surface area contributed by atoms with Crippen LogP contribution in [0.2, 0.25) is 0 Å². The lowest BCUT2D eigenvalue weighted by atomic mass is 10.0. The number of Topliss-reactive ketones (excluding diaryl/α,β-unsaturated/α-hetero) is 1. The zero-order valence-corrected chi connectivity index (χ0v) is 16.1. The number of aryl methyl sites for hydroxylation is 1. The predicted octanol–water partition coefficient (Wildman–Crippen LogP) is 3.93. The Morgan fingerprint density at radius 3 is 2.54 bits per heavy atom. The molecule has 6 heteroatoms. The van der Waals surface area contributed by atoms with Crippen LogP contribution in [0.1, 0.15) is 33.3 Å². The molecule has 0 bridgehead atoms. The number of para-hydroxylation sites is 1. The zero-order chi connectivity index (χ0) is 20.1. The quantitative estimate of drug-likeness (QED) is 0.354. The van der Waals surface area contributed by atoms with E-state index >= 15 is 0 Å². The Labute approximate surface area is 163 Å². The molecule has 0 saturated carbocycles. The molecule has 0 fully saturated rings. The van der Waals surface area contributed by atoms with Crippen LogP contribution < -0.4 is 4.74 Å². The molecule has 0 aliphatic carbocycles. The van der Waals surface area contributed by atoms with Crippen LogP contribution in [0, 0.1) is 6.92 Å². The molecule has 0 amide bonds. The molecular weight excluding hydrogens is 356 g/mol. The highest BCUT2D eigenvalue weighted by Gasteiger charge is 2.21. The topological polar surface area (TPSA) is 70.4 Å². The molecule has 144 valence electrons. The number of nitrogens with zero attached hydrogens (tertiary/aromatic N) is 2. The smallest absolute Gasteiger partial charge is 0.344 e. The minimum atomic E-state index is -0.476. The Morgan fingerprint density at radius 1 is 1.11 bits per heavy atom. The minimum Gasteiger partial charge on any atom is -0.423 e. The van der Waals surface area contributed by atoms with Crippen molar-refractivity contribution in [1.29, 1.82) is 0 Å². The number of hydrogen-bond acceptors (Lipinski definition) is 5. The first-order valence-electron chi connectivity index (χ1n) is 8.95. The van der Waals surface area contributed by atoms with Crippen LogP contribution in [-0.2, 0) is 11.3 Å². The summed E-state index contributed by atoms with van der Waals surface area (Å²) in [5.74, 6) is 0.378. The van der Waals surface area contributed by atoms with E-state index in [4.69, 9.17) is 9.47 Å². The van der Waals surface area contributed by atoms with E-state index in [-0.39, 0.29) is 5.78 Å². The first-order valence-corrected chi connectivity index (χ1v) is 8.95. The summed E-state index contributed by atoms with van der Waals surface area (Å²) in [6.07, 6.45) is 1.68. The summed E-state index contributed by atoms with van der Waals surface area (Å²) < 4.78 is 12.5. The van der Waals surface area contributed by atoms with Gasteiger partial charge >= 0.3 is 5.97 Å². The van der Waals surface area contributed by atoms with E-state index in [9.17, 15) is 9.59 Å². The van der Waals surface area contributed by atoms with Crippen molar-refractivity contribution in [2.45, 2.75) is 20.4 Å². The van der Waals surface area contributed by atoms with Crippen LogP contribution in [0.3, 0.4) is 0 Å². The van der Waals surface area contributed by atoms with Gasteiger partial charge in [0.2, 0.25) is 0 Å². The second kappa shape index (κ2) is 8.63. The number of hydrogen-bond donors (Lipinski definition) is 0. The number of benzene rings is 2. The summed E-state index contributed by atoms with van der Waals surface area (Å²) in [4.78, 5) is 29.2. The predicted molar refractivity (Wildman–Crippen MR) is 106 cm³/mol. The van der Waals surface area contributed by atoms with Gasteiger partial charge in [-0.3, -0.25) is 4.79 Å². The fourth-order valence-corrected chi connectivity index (χ4v) is 2.83. The van der Waals surface area contributed by atoms with Gasteiger partial charge in [-0.15, -0.1) is 0 Å². The molecule has 0 aliphatic heterocycles. The second-order valence-corrected chi connectivity index (χ2v) is 6.44. The van der Waals surface area contributed by atoms with Crippen molar-refractivity contribution in [2.24, 2.45) is 0 Å². The molecule has 0 aliphatic rings. The SMILES string of the molecule is COCCn1cc(C(C)=O)nc1-c1ccc(C)cc1C(=O)Oc1ccccc1. The van der Waals surface area contributed by atoms with Crippen molar-refractivity contribution in [3.63, 3.8) is 0 Å². The third-order valence-corrected chi connectivity index (χ3v) is 4.26. The van der Waals surface area contributed by atoms with Gasteiger partial charge in [0.05, 0.1) is 12.2 Å². The largest absolute Gasteiger partial charge is 0.423 e. The van der Waals surface area contributed by atoms with E-state index in [2.05, 4.69) is 4.98 Å². The maximum absolute atomic E-state index is 12.9. The van der Waals surface area contributed by atoms with Gasteiger partial charge < -0.3 is 14.0 Å². The monoisotopic (exact) mass is 378 g/mol. The lowest BCUT2D eigenvalue weighted by Crippen LogP contribution is -2.12. The summed E-state index contributed by atoms with van der Waals surface area (Å²) in [6.45, 7) is 4.33. The van der Waals surface area contributed by atoms with E-state index < -0.39 is 5.97 Å². The Balaban J connectivity index is 2.05. The van der Waals surface area contributed by atoms with E-state index in [0.717, 1.165) is 5.56 Å². The molecule has 1 aromatic heterocycles. The van der Waals surface area contributed by atoms with Gasteiger partial charge in [0.15, 0.2) is 5.78 Å². The third kappa shape index (κ3) is 4.35. The van der Waals surface area contributed by atoms with Crippen molar-refractivity contribution in [2.75, 3.05) is 13.7 Å². The van der Waals surface area contributed by atoms with Gasteiger partial charge in [-0.2, -0.15) is 0 Å². The summed E-state index contributed by atoms with van der Waals surface area (Å²) in [5, 5.41) is 0. The van der Waals surface area contributed by atoms with Crippen LogP contribution in [0.5, 0.6) is 5.75 Å². The molecule has 0 radical (unpaired) electrons. The first kappa shape index (κ1) is 19.5. The second-order valence-electron chi connectivity index (χ2n) is 6.44. The third-order valence-electron chi connectivity index (χ3n) is 4.26. The van der Waals surface area contributed by atoms with E-state index in [1.165, 1.54) is 6.92 Å². The minimum absolute atomic E-state index is 0.141. The van der Waals surface area contributed by atoms with Crippen molar-refractivity contribution >= 4 is 11.8 Å². The van der Waals surface area contributed by atoms with E-state index in [1.54, 1.807) is 43.6 Å². The van der Waals surface area contributed by atoms with E-state index in [1.807, 2.05) is 29.7 Å². The Bertz CT molecular complexity index is 993. The normalized spacial score (nSPS) is 10.7. The molecule has 3 rings (SSSR count). The van der Waals surface area contributed by atoms with Gasteiger partial charge in [-0.25, -0.2) is 9.78 Å². The number of imidazole rings is 1. The molecular formula is C22H22N2O4. The summed E-state index contributed by atoms with van der Waals surface area (Å²) >= 11 is 0. The highest BCUT2D eigenvalue weighted by molar-refractivity contribution is 5.98. The molecule has 0 spiro atoms. The fraction of sp³-hybridized carbons (Fsp3) is 0.227. The van der Waals surface area contributed by atoms with Gasteiger partial charge in [0, 0.05) is 32.3 Å². The number of ether oxygens (including phenoxy) is 2. The number of ketones is 1. The summed E-state index contributed by atoms with van der Waals surface area (Å²) in [6, 6.07) is 14.4. The molecule has 2 aromatic carbocycles. The summed E-state index contributed by atoms with van der Waals surface area (Å²) in [7, 11) is 1.61. The highest BCUT2D eigenvalue weighted by atomic mass is 16.5. The number of aromatic nitrogens is 2. The van der Waals surface area contributed by atoms with E-state index in [0.29, 0.717) is 41.5 Å². The molecule has 0 unspecified atom stereocenters. The molecule has 28 heavy (non-hydrogen) atoms. The lowest BCUT2D eigenvalue weighted by molar-refractivity contribution is 0.0735. The number of carbonyl (C=O) groups excluding carboxylic acids is 2. The molecule has 0 atom stereocenters. The Hall–Kier alpha value is -3.25.